The molecule has 0 saturated heterocycles. The molecule has 168 valence electrons. The third kappa shape index (κ3) is 5.02. The molecule has 2 aromatic carbocycles. The van der Waals surface area contributed by atoms with E-state index < -0.39 is 11.4 Å². The fourth-order valence-electron chi connectivity index (χ4n) is 3.78. The highest BCUT2D eigenvalue weighted by atomic mass is 32.2. The van der Waals surface area contributed by atoms with E-state index in [1.807, 2.05) is 49.3 Å². The maximum Gasteiger partial charge on any atom is 0.257 e. The Bertz CT molecular complexity index is 1050. The van der Waals surface area contributed by atoms with Gasteiger partial charge < -0.3 is 19.6 Å². The molecule has 0 bridgehead atoms. The summed E-state index contributed by atoms with van der Waals surface area (Å²) in [6.07, 6.45) is -0.281. The zero-order valence-electron chi connectivity index (χ0n) is 18.5. The zero-order valence-corrected chi connectivity index (χ0v) is 20.2. The van der Waals surface area contributed by atoms with Gasteiger partial charge in [0, 0.05) is 29.3 Å². The SMILES string of the molecule is COc1ccc([C@@H]2Sc3cc(Cc4cccs4)ccc3N(CCN(C)C)C(=O)[C@@H]2O)cc1. The molecule has 0 fully saturated rings. The Morgan fingerprint density at radius 1 is 1.12 bits per heavy atom. The molecule has 0 unspecified atom stereocenters. The first-order chi connectivity index (χ1) is 15.5. The Kier molecular flexibility index (Phi) is 7.20. The van der Waals surface area contributed by atoms with Crippen molar-refractivity contribution in [3.63, 3.8) is 0 Å². The summed E-state index contributed by atoms with van der Waals surface area (Å²) in [6, 6.07) is 18.1. The summed E-state index contributed by atoms with van der Waals surface area (Å²) in [7, 11) is 5.60. The maximum atomic E-state index is 13.4. The molecule has 0 spiro atoms. The van der Waals surface area contributed by atoms with Crippen LogP contribution in [0.2, 0.25) is 0 Å². The average Bonchev–Trinajstić information content (AvgIpc) is 3.27. The minimum Gasteiger partial charge on any atom is -0.497 e. The molecular weight excluding hydrogens is 440 g/mol. The number of thiophene rings is 1. The second kappa shape index (κ2) is 10.1. The van der Waals surface area contributed by atoms with Gasteiger partial charge >= 0.3 is 0 Å². The van der Waals surface area contributed by atoms with Crippen LogP contribution in [0.1, 0.15) is 21.3 Å². The highest BCUT2D eigenvalue weighted by Gasteiger charge is 2.37. The number of methoxy groups -OCH3 is 1. The Morgan fingerprint density at radius 3 is 2.56 bits per heavy atom. The lowest BCUT2D eigenvalue weighted by atomic mass is 10.1. The molecule has 1 aliphatic heterocycles. The Hall–Kier alpha value is -2.32. The maximum absolute atomic E-state index is 13.4. The van der Waals surface area contributed by atoms with Crippen LogP contribution in [0.25, 0.3) is 0 Å². The Morgan fingerprint density at radius 2 is 1.91 bits per heavy atom. The average molecular weight is 469 g/mol. The molecule has 0 radical (unpaired) electrons. The molecule has 2 heterocycles. The van der Waals surface area contributed by atoms with Crippen LogP contribution in [0.4, 0.5) is 5.69 Å². The molecule has 5 nitrogen and oxygen atoms in total. The van der Waals surface area contributed by atoms with Gasteiger partial charge in [0.1, 0.15) is 11.9 Å². The fourth-order valence-corrected chi connectivity index (χ4v) is 5.85. The number of rotatable bonds is 7. The summed E-state index contributed by atoms with van der Waals surface area (Å²) in [5.41, 5.74) is 2.97. The number of nitrogens with zero attached hydrogens (tertiary/aromatic N) is 2. The minimum absolute atomic E-state index is 0.259. The van der Waals surface area contributed by atoms with E-state index in [2.05, 4.69) is 29.6 Å². The lowest BCUT2D eigenvalue weighted by Gasteiger charge is -2.26. The number of hydrogen-bond donors (Lipinski definition) is 1. The second-order valence-electron chi connectivity index (χ2n) is 8.11. The van der Waals surface area contributed by atoms with E-state index in [0.717, 1.165) is 28.3 Å². The molecular formula is C25H28N2O3S2. The summed E-state index contributed by atoms with van der Waals surface area (Å²) in [5.74, 6) is 0.490. The monoisotopic (exact) mass is 468 g/mol. The number of amides is 1. The fraction of sp³-hybridized carbons (Fsp3) is 0.320. The van der Waals surface area contributed by atoms with Gasteiger partial charge in [-0.15, -0.1) is 23.1 Å². The molecule has 7 heteroatoms. The molecule has 0 saturated carbocycles. The highest BCUT2D eigenvalue weighted by molar-refractivity contribution is 7.99. The topological polar surface area (TPSA) is 53.0 Å². The number of benzene rings is 2. The smallest absolute Gasteiger partial charge is 0.257 e. The Labute approximate surface area is 197 Å². The molecule has 1 amide bonds. The summed E-state index contributed by atoms with van der Waals surface area (Å²) in [4.78, 5) is 19.5. The van der Waals surface area contributed by atoms with Crippen molar-refractivity contribution in [2.24, 2.45) is 0 Å². The number of carbonyl (C=O) groups excluding carboxylic acids is 1. The van der Waals surface area contributed by atoms with Crippen LogP contribution in [-0.4, -0.2) is 56.3 Å². The third-order valence-electron chi connectivity index (χ3n) is 5.55. The van der Waals surface area contributed by atoms with Crippen molar-refractivity contribution in [3.05, 3.63) is 76.0 Å². The van der Waals surface area contributed by atoms with Crippen LogP contribution in [0.5, 0.6) is 5.75 Å². The first-order valence-electron chi connectivity index (χ1n) is 10.6. The van der Waals surface area contributed by atoms with E-state index in [9.17, 15) is 9.90 Å². The number of ether oxygens (including phenoxy) is 1. The normalized spacial score (nSPS) is 18.5. The van der Waals surface area contributed by atoms with Crippen molar-refractivity contribution >= 4 is 34.7 Å². The van der Waals surface area contributed by atoms with Gasteiger partial charge in [-0.3, -0.25) is 4.79 Å². The van der Waals surface area contributed by atoms with Crippen molar-refractivity contribution < 1.29 is 14.6 Å². The first-order valence-corrected chi connectivity index (χ1v) is 12.3. The van der Waals surface area contributed by atoms with Crippen molar-refractivity contribution in [1.82, 2.24) is 4.90 Å². The number of anilines is 1. The van der Waals surface area contributed by atoms with Gasteiger partial charge in [0.25, 0.3) is 5.91 Å². The molecule has 3 aromatic rings. The van der Waals surface area contributed by atoms with E-state index in [4.69, 9.17) is 4.74 Å². The van der Waals surface area contributed by atoms with Crippen LogP contribution in [-0.2, 0) is 11.2 Å². The van der Waals surface area contributed by atoms with E-state index in [0.29, 0.717) is 13.1 Å². The molecule has 1 aromatic heterocycles. The number of hydrogen-bond acceptors (Lipinski definition) is 6. The standard InChI is InChI=1S/C25H28N2O3S2/c1-26(2)12-13-27-21-11-6-17(15-20-5-4-14-31-20)16-22(21)32-24(23(28)25(27)29)18-7-9-19(30-3)10-8-18/h4-11,14,16,23-24,28H,12-13,15H2,1-3H3/t23-,24+/m1/s1. The van der Waals surface area contributed by atoms with Crippen molar-refractivity contribution in [2.75, 3.05) is 39.2 Å². The molecule has 1 N–H and O–H groups in total. The van der Waals surface area contributed by atoms with E-state index in [1.54, 1.807) is 35.1 Å². The van der Waals surface area contributed by atoms with Gasteiger partial charge in [0.2, 0.25) is 0 Å². The number of aliphatic hydroxyl groups excluding tert-OH is 1. The van der Waals surface area contributed by atoms with Crippen molar-refractivity contribution in [3.8, 4) is 5.75 Å². The number of fused-ring (bicyclic) bond motifs is 1. The molecule has 0 aliphatic carbocycles. The first kappa shape index (κ1) is 22.9. The lowest BCUT2D eigenvalue weighted by molar-refractivity contribution is -0.126. The largest absolute Gasteiger partial charge is 0.497 e. The van der Waals surface area contributed by atoms with Crippen molar-refractivity contribution in [1.29, 1.82) is 0 Å². The zero-order chi connectivity index (χ0) is 22.7. The van der Waals surface area contributed by atoms with Gasteiger partial charge in [0.05, 0.1) is 18.0 Å². The summed E-state index contributed by atoms with van der Waals surface area (Å²) in [6.45, 7) is 1.24. The predicted octanol–water partition coefficient (Wildman–Crippen LogP) is 4.45. The van der Waals surface area contributed by atoms with Gasteiger partial charge in [-0.2, -0.15) is 0 Å². The second-order valence-corrected chi connectivity index (χ2v) is 10.3. The summed E-state index contributed by atoms with van der Waals surface area (Å²) < 4.78 is 5.27. The van der Waals surface area contributed by atoms with Crippen LogP contribution in [0.3, 0.4) is 0 Å². The summed E-state index contributed by atoms with van der Waals surface area (Å²) >= 11 is 3.30. The Balaban J connectivity index is 1.72. The van der Waals surface area contributed by atoms with Crippen LogP contribution in [0.15, 0.2) is 64.9 Å². The minimum atomic E-state index is -1.14. The molecule has 4 rings (SSSR count). The van der Waals surface area contributed by atoms with Crippen LogP contribution in [0, 0.1) is 0 Å². The number of likely N-dealkylation sites (N-methyl/N-ethyl adjacent to an activating group) is 1. The van der Waals surface area contributed by atoms with Gasteiger partial charge in [-0.25, -0.2) is 0 Å². The highest BCUT2D eigenvalue weighted by Crippen LogP contribution is 2.46. The molecule has 2 atom stereocenters. The van der Waals surface area contributed by atoms with Gasteiger partial charge in [-0.05, 0) is 60.9 Å². The summed E-state index contributed by atoms with van der Waals surface area (Å²) in [5, 5.41) is 12.8. The predicted molar refractivity (Wildman–Crippen MR) is 132 cm³/mol. The van der Waals surface area contributed by atoms with Gasteiger partial charge in [0.15, 0.2) is 0 Å². The molecule has 32 heavy (non-hydrogen) atoms. The quantitative estimate of drug-likeness (QED) is 0.555. The third-order valence-corrected chi connectivity index (χ3v) is 7.79. The number of thioether (sulfide) groups is 1. The van der Waals surface area contributed by atoms with E-state index in [-0.39, 0.29) is 5.91 Å². The lowest BCUT2D eigenvalue weighted by Crippen LogP contribution is -2.43. The van der Waals surface area contributed by atoms with Gasteiger partial charge in [-0.1, -0.05) is 24.3 Å². The number of carbonyl (C=O) groups is 1. The van der Waals surface area contributed by atoms with Crippen LogP contribution >= 0.6 is 23.1 Å². The van der Waals surface area contributed by atoms with E-state index in [1.165, 1.54) is 10.4 Å². The van der Waals surface area contributed by atoms with E-state index >= 15 is 0 Å². The number of aliphatic hydroxyl groups is 1. The van der Waals surface area contributed by atoms with Crippen LogP contribution < -0.4 is 9.64 Å². The molecule has 1 aliphatic rings. The van der Waals surface area contributed by atoms with Crippen molar-refractivity contribution in [2.45, 2.75) is 22.7 Å².